The number of nitrogens with one attached hydrogen (secondary N) is 1. The molecule has 126 valence electrons. The summed E-state index contributed by atoms with van der Waals surface area (Å²) in [5.74, 6) is -2.26. The van der Waals surface area contributed by atoms with Crippen molar-refractivity contribution < 1.29 is 23.1 Å². The molecular weight excluding hydrogens is 306 g/mol. The highest BCUT2D eigenvalue weighted by Gasteiger charge is 2.27. The van der Waals surface area contributed by atoms with E-state index in [-0.39, 0.29) is 24.1 Å². The molecule has 1 aliphatic rings. The molecule has 1 atom stereocenters. The van der Waals surface area contributed by atoms with Crippen molar-refractivity contribution in [3.8, 4) is 0 Å². The fraction of sp³-hybridized carbons (Fsp3) is 0.500. The van der Waals surface area contributed by atoms with Crippen LogP contribution in [0.25, 0.3) is 0 Å². The number of carbonyl (C=O) groups is 2. The minimum atomic E-state index is -0.692. The fourth-order valence-electron chi connectivity index (χ4n) is 2.64. The normalized spacial score (nSPS) is 18.5. The number of hydrogen-bond donors (Lipinski definition) is 1. The molecule has 0 spiro atoms. The summed E-state index contributed by atoms with van der Waals surface area (Å²) < 4.78 is 31.6. The highest BCUT2D eigenvalue weighted by Crippen LogP contribution is 2.19. The second-order valence-corrected chi connectivity index (χ2v) is 5.50. The van der Waals surface area contributed by atoms with Crippen molar-refractivity contribution in [1.29, 1.82) is 0 Å². The Hall–Kier alpha value is -2.02. The van der Waals surface area contributed by atoms with Gasteiger partial charge in [0.15, 0.2) is 0 Å². The van der Waals surface area contributed by atoms with E-state index in [2.05, 4.69) is 5.32 Å². The maximum Gasteiger partial charge on any atom is 0.310 e. The Morgan fingerprint density at radius 3 is 2.91 bits per heavy atom. The van der Waals surface area contributed by atoms with Crippen LogP contribution < -0.4 is 5.32 Å². The van der Waals surface area contributed by atoms with Gasteiger partial charge in [0.25, 0.3) is 0 Å². The predicted molar refractivity (Wildman–Crippen MR) is 80.8 cm³/mol. The number of carbonyl (C=O) groups excluding carboxylic acids is 2. The summed E-state index contributed by atoms with van der Waals surface area (Å²) in [6, 6.07) is 2.88. The largest absolute Gasteiger partial charge is 0.466 e. The molecule has 1 aromatic rings. The van der Waals surface area contributed by atoms with E-state index in [0.717, 1.165) is 31.0 Å². The van der Waals surface area contributed by atoms with Gasteiger partial charge in [-0.25, -0.2) is 8.78 Å². The van der Waals surface area contributed by atoms with Crippen LogP contribution in [0, 0.1) is 17.6 Å². The molecule has 0 radical (unpaired) electrons. The van der Waals surface area contributed by atoms with Crippen LogP contribution in [0.3, 0.4) is 0 Å². The molecule has 2 rings (SSSR count). The third-order valence-electron chi connectivity index (χ3n) is 3.70. The van der Waals surface area contributed by atoms with Crippen molar-refractivity contribution in [3.63, 3.8) is 0 Å². The standard InChI is InChI=1S/C16H20F2N2O3/c1-2-23-16(22)11-4-3-7-20(9-11)10-15(21)19-14-8-12(17)5-6-13(14)18/h5-6,8,11H,2-4,7,9-10H2,1H3,(H,19,21)/t11-/m0/s1. The van der Waals surface area contributed by atoms with Crippen LogP contribution in [0.1, 0.15) is 19.8 Å². The molecule has 0 unspecified atom stereocenters. The third-order valence-corrected chi connectivity index (χ3v) is 3.70. The van der Waals surface area contributed by atoms with Gasteiger partial charge < -0.3 is 10.1 Å². The second kappa shape index (κ2) is 8.01. The van der Waals surface area contributed by atoms with E-state index in [4.69, 9.17) is 4.74 Å². The van der Waals surface area contributed by atoms with Gasteiger partial charge in [-0.1, -0.05) is 0 Å². The minimum Gasteiger partial charge on any atom is -0.466 e. The Balaban J connectivity index is 1.89. The van der Waals surface area contributed by atoms with E-state index in [0.29, 0.717) is 19.7 Å². The fourth-order valence-corrected chi connectivity index (χ4v) is 2.64. The summed E-state index contributed by atoms with van der Waals surface area (Å²) in [6.07, 6.45) is 1.51. The molecule has 5 nitrogen and oxygen atoms in total. The van der Waals surface area contributed by atoms with Crippen LogP contribution in [-0.2, 0) is 14.3 Å². The van der Waals surface area contributed by atoms with Gasteiger partial charge in [0.1, 0.15) is 11.6 Å². The predicted octanol–water partition coefficient (Wildman–Crippen LogP) is 2.18. The monoisotopic (exact) mass is 326 g/mol. The van der Waals surface area contributed by atoms with Crippen LogP contribution in [-0.4, -0.2) is 43.0 Å². The lowest BCUT2D eigenvalue weighted by atomic mass is 9.98. The maximum atomic E-state index is 13.5. The maximum absolute atomic E-state index is 13.5. The third kappa shape index (κ3) is 4.99. The van der Waals surface area contributed by atoms with Crippen LogP contribution in [0.15, 0.2) is 18.2 Å². The van der Waals surface area contributed by atoms with Gasteiger partial charge in [-0.3, -0.25) is 14.5 Å². The Labute approximate surface area is 133 Å². The topological polar surface area (TPSA) is 58.6 Å². The lowest BCUT2D eigenvalue weighted by Crippen LogP contribution is -2.43. The van der Waals surface area contributed by atoms with Gasteiger partial charge in [0.05, 0.1) is 24.8 Å². The molecule has 0 aromatic heterocycles. The zero-order chi connectivity index (χ0) is 16.8. The molecule has 1 aromatic carbocycles. The molecule has 1 N–H and O–H groups in total. The van der Waals surface area contributed by atoms with Gasteiger partial charge in [0.2, 0.25) is 5.91 Å². The Kier molecular flexibility index (Phi) is 6.04. The van der Waals surface area contributed by atoms with Crippen molar-refractivity contribution in [2.45, 2.75) is 19.8 Å². The lowest BCUT2D eigenvalue weighted by Gasteiger charge is -2.30. The summed E-state index contributed by atoms with van der Waals surface area (Å²) in [6.45, 7) is 3.20. The number of ether oxygens (including phenoxy) is 1. The minimum absolute atomic E-state index is 0.0197. The Morgan fingerprint density at radius 2 is 2.17 bits per heavy atom. The van der Waals surface area contributed by atoms with Crippen molar-refractivity contribution in [2.24, 2.45) is 5.92 Å². The number of nitrogens with zero attached hydrogens (tertiary/aromatic N) is 1. The zero-order valence-electron chi connectivity index (χ0n) is 13.0. The zero-order valence-corrected chi connectivity index (χ0v) is 13.0. The lowest BCUT2D eigenvalue weighted by molar-refractivity contribution is -0.150. The van der Waals surface area contributed by atoms with Crippen molar-refractivity contribution in [1.82, 2.24) is 4.90 Å². The number of halogens is 2. The molecule has 1 fully saturated rings. The molecule has 1 aliphatic heterocycles. The summed E-state index contributed by atoms with van der Waals surface area (Å²) in [4.78, 5) is 25.6. The average molecular weight is 326 g/mol. The molecule has 1 saturated heterocycles. The number of rotatable bonds is 5. The average Bonchev–Trinajstić information content (AvgIpc) is 2.51. The quantitative estimate of drug-likeness (QED) is 0.843. The van der Waals surface area contributed by atoms with Crippen molar-refractivity contribution in [2.75, 3.05) is 31.6 Å². The number of hydrogen-bond acceptors (Lipinski definition) is 4. The first kappa shape index (κ1) is 17.3. The molecule has 7 heteroatoms. The second-order valence-electron chi connectivity index (χ2n) is 5.50. The molecule has 23 heavy (non-hydrogen) atoms. The first-order chi connectivity index (χ1) is 11.0. The summed E-state index contributed by atoms with van der Waals surface area (Å²) >= 11 is 0. The first-order valence-corrected chi connectivity index (χ1v) is 7.63. The Morgan fingerprint density at radius 1 is 1.39 bits per heavy atom. The summed E-state index contributed by atoms with van der Waals surface area (Å²) in [5.41, 5.74) is -0.186. The van der Waals surface area contributed by atoms with E-state index in [1.54, 1.807) is 6.92 Å². The van der Waals surface area contributed by atoms with Crippen molar-refractivity contribution >= 4 is 17.6 Å². The SMILES string of the molecule is CCOC(=O)[C@H]1CCCN(CC(=O)Nc2cc(F)ccc2F)C1. The molecule has 0 aliphatic carbocycles. The number of likely N-dealkylation sites (tertiary alicyclic amines) is 1. The molecule has 0 bridgehead atoms. The molecule has 0 saturated carbocycles. The van der Waals surface area contributed by atoms with Crippen LogP contribution in [0.4, 0.5) is 14.5 Å². The first-order valence-electron chi connectivity index (χ1n) is 7.63. The molecule has 1 amide bonds. The number of piperidine rings is 1. The number of benzene rings is 1. The van der Waals surface area contributed by atoms with E-state index in [9.17, 15) is 18.4 Å². The smallest absolute Gasteiger partial charge is 0.310 e. The van der Waals surface area contributed by atoms with Gasteiger partial charge in [0, 0.05) is 12.6 Å². The number of esters is 1. The van der Waals surface area contributed by atoms with Gasteiger partial charge in [-0.05, 0) is 38.4 Å². The number of anilines is 1. The summed E-state index contributed by atoms with van der Waals surface area (Å²) in [5, 5.41) is 2.36. The highest BCUT2D eigenvalue weighted by molar-refractivity contribution is 5.92. The summed E-state index contributed by atoms with van der Waals surface area (Å²) in [7, 11) is 0. The number of amides is 1. The van der Waals surface area contributed by atoms with E-state index < -0.39 is 17.5 Å². The van der Waals surface area contributed by atoms with E-state index in [1.807, 2.05) is 4.90 Å². The van der Waals surface area contributed by atoms with Gasteiger partial charge >= 0.3 is 5.97 Å². The molecular formula is C16H20F2N2O3. The van der Waals surface area contributed by atoms with Gasteiger partial charge in [-0.15, -0.1) is 0 Å². The van der Waals surface area contributed by atoms with Gasteiger partial charge in [-0.2, -0.15) is 0 Å². The highest BCUT2D eigenvalue weighted by atomic mass is 19.1. The van der Waals surface area contributed by atoms with E-state index >= 15 is 0 Å². The van der Waals surface area contributed by atoms with Crippen LogP contribution in [0.5, 0.6) is 0 Å². The van der Waals surface area contributed by atoms with Crippen LogP contribution >= 0.6 is 0 Å². The van der Waals surface area contributed by atoms with Crippen LogP contribution in [0.2, 0.25) is 0 Å². The van der Waals surface area contributed by atoms with Crippen molar-refractivity contribution in [3.05, 3.63) is 29.8 Å². The Bertz CT molecular complexity index is 580. The molecule has 1 heterocycles. The van der Waals surface area contributed by atoms with E-state index in [1.165, 1.54) is 0 Å².